The van der Waals surface area contributed by atoms with Crippen LogP contribution in [0.25, 0.3) is 11.1 Å². The van der Waals surface area contributed by atoms with Crippen molar-refractivity contribution in [3.63, 3.8) is 0 Å². The van der Waals surface area contributed by atoms with Gasteiger partial charge in [0.1, 0.15) is 22.8 Å². The standard InChI is InChI=1S/C25H27ClN6O6S/c1-39(36,37)31-19-11-9-17-21(28-19)22(23(38-17)25(35)29-18-10-6-15(26)13-27-18)30-24(34)14-4-7-16(8-5-14)32-12-2-3-20(32)33/h6,9-11,13-14,16H,2-5,7-8,12H2,1H3,(H,28,31)(H,30,34)(H,27,29,35). The van der Waals surface area contributed by atoms with Crippen LogP contribution in [0.5, 0.6) is 0 Å². The van der Waals surface area contributed by atoms with Crippen LogP contribution < -0.4 is 15.4 Å². The largest absolute Gasteiger partial charge is 0.447 e. The van der Waals surface area contributed by atoms with Crippen LogP contribution in [0.1, 0.15) is 49.1 Å². The number of nitrogens with one attached hydrogen (secondary N) is 3. The number of carbonyl (C=O) groups is 3. The lowest BCUT2D eigenvalue weighted by Crippen LogP contribution is -2.40. The second-order valence-electron chi connectivity index (χ2n) is 9.72. The van der Waals surface area contributed by atoms with Gasteiger partial charge in [-0.3, -0.25) is 19.1 Å². The number of halogens is 1. The normalized spacial score (nSPS) is 19.7. The van der Waals surface area contributed by atoms with E-state index in [9.17, 15) is 22.8 Å². The lowest BCUT2D eigenvalue weighted by molar-refractivity contribution is -0.130. The zero-order chi connectivity index (χ0) is 27.7. The van der Waals surface area contributed by atoms with Crippen LogP contribution in [0.2, 0.25) is 5.02 Å². The Balaban J connectivity index is 1.40. The topological polar surface area (TPSA) is 164 Å². The number of furan rings is 1. The molecule has 0 bridgehead atoms. The minimum atomic E-state index is -3.63. The lowest BCUT2D eigenvalue weighted by atomic mass is 9.84. The zero-order valence-corrected chi connectivity index (χ0v) is 22.6. The molecule has 3 aromatic heterocycles. The van der Waals surface area contributed by atoms with Gasteiger partial charge in [-0.25, -0.2) is 18.4 Å². The maximum Gasteiger partial charge on any atom is 0.294 e. The third kappa shape index (κ3) is 6.14. The van der Waals surface area contributed by atoms with Gasteiger partial charge in [-0.1, -0.05) is 11.6 Å². The first-order valence-electron chi connectivity index (χ1n) is 12.5. The number of nitrogens with zero attached hydrogens (tertiary/aromatic N) is 3. The molecule has 2 fully saturated rings. The van der Waals surface area contributed by atoms with Gasteiger partial charge in [0.2, 0.25) is 27.6 Å². The van der Waals surface area contributed by atoms with Crippen LogP contribution in [0, 0.1) is 5.92 Å². The second-order valence-corrected chi connectivity index (χ2v) is 11.9. The Labute approximate surface area is 229 Å². The van der Waals surface area contributed by atoms with Crippen molar-refractivity contribution in [3.05, 3.63) is 41.2 Å². The van der Waals surface area contributed by atoms with Crippen molar-refractivity contribution in [2.45, 2.75) is 44.6 Å². The number of rotatable bonds is 7. The third-order valence-corrected chi connectivity index (χ3v) is 7.67. The molecule has 3 aromatic rings. The van der Waals surface area contributed by atoms with Crippen molar-refractivity contribution in [2.24, 2.45) is 5.92 Å². The molecule has 206 valence electrons. The van der Waals surface area contributed by atoms with Crippen molar-refractivity contribution < 1.29 is 27.2 Å². The highest BCUT2D eigenvalue weighted by Crippen LogP contribution is 2.35. The van der Waals surface area contributed by atoms with Crippen molar-refractivity contribution in [1.82, 2.24) is 14.9 Å². The Bertz CT molecular complexity index is 1530. The fourth-order valence-corrected chi connectivity index (χ4v) is 5.66. The highest BCUT2D eigenvalue weighted by atomic mass is 35.5. The smallest absolute Gasteiger partial charge is 0.294 e. The number of pyridine rings is 2. The average molecular weight is 575 g/mol. The van der Waals surface area contributed by atoms with Crippen LogP contribution in [-0.2, 0) is 19.6 Å². The molecule has 1 saturated heterocycles. The molecule has 0 atom stereocenters. The molecule has 0 radical (unpaired) electrons. The van der Waals surface area contributed by atoms with Crippen LogP contribution in [0.15, 0.2) is 34.9 Å². The van der Waals surface area contributed by atoms with Crippen LogP contribution in [-0.4, -0.2) is 59.8 Å². The van der Waals surface area contributed by atoms with E-state index in [1.54, 1.807) is 6.07 Å². The number of sulfonamides is 1. The molecule has 14 heteroatoms. The molecular weight excluding hydrogens is 548 g/mol. The third-order valence-electron chi connectivity index (χ3n) is 6.87. The SMILES string of the molecule is CS(=O)(=O)Nc1ccc2oc(C(=O)Nc3ccc(Cl)cn3)c(NC(=O)C3CCC(N4CCCC4=O)CC3)c2n1. The number of aromatic nitrogens is 2. The minimum Gasteiger partial charge on any atom is -0.447 e. The van der Waals surface area contributed by atoms with Crippen molar-refractivity contribution >= 4 is 67.8 Å². The molecule has 1 aliphatic heterocycles. The molecule has 2 aliphatic rings. The van der Waals surface area contributed by atoms with Gasteiger partial charge in [-0.2, -0.15) is 0 Å². The number of hydrogen-bond donors (Lipinski definition) is 3. The van der Waals surface area contributed by atoms with E-state index < -0.39 is 15.9 Å². The van der Waals surface area contributed by atoms with Gasteiger partial charge in [-0.05, 0) is 56.4 Å². The van der Waals surface area contributed by atoms with E-state index in [-0.39, 0.29) is 58.0 Å². The number of likely N-dealkylation sites (tertiary alicyclic amines) is 1. The fraction of sp³-hybridized carbons (Fsp3) is 0.400. The molecule has 3 amide bonds. The monoisotopic (exact) mass is 574 g/mol. The summed E-state index contributed by atoms with van der Waals surface area (Å²) in [4.78, 5) is 48.9. The molecule has 0 unspecified atom stereocenters. The van der Waals surface area contributed by atoms with E-state index >= 15 is 0 Å². The summed E-state index contributed by atoms with van der Waals surface area (Å²) >= 11 is 5.87. The van der Waals surface area contributed by atoms with Gasteiger partial charge in [0, 0.05) is 31.1 Å². The molecule has 12 nitrogen and oxygen atoms in total. The molecule has 5 rings (SSSR count). The molecule has 0 spiro atoms. The number of hydrogen-bond acceptors (Lipinski definition) is 8. The van der Waals surface area contributed by atoms with Gasteiger partial charge in [0.05, 0.1) is 11.3 Å². The summed E-state index contributed by atoms with van der Waals surface area (Å²) in [6.07, 6.45) is 6.40. The van der Waals surface area contributed by atoms with Gasteiger partial charge >= 0.3 is 0 Å². The van der Waals surface area contributed by atoms with Crippen LogP contribution in [0.4, 0.5) is 17.3 Å². The molecule has 0 aromatic carbocycles. The first-order valence-corrected chi connectivity index (χ1v) is 14.8. The predicted molar refractivity (Wildman–Crippen MR) is 145 cm³/mol. The van der Waals surface area contributed by atoms with E-state index in [4.69, 9.17) is 16.0 Å². The maximum atomic E-state index is 13.4. The molecular formula is C25H27ClN6O6S. The summed E-state index contributed by atoms with van der Waals surface area (Å²) in [6, 6.07) is 6.06. The highest BCUT2D eigenvalue weighted by molar-refractivity contribution is 7.92. The number of anilines is 3. The number of fused-ring (bicyclic) bond motifs is 1. The van der Waals surface area contributed by atoms with Gasteiger partial charge < -0.3 is 20.0 Å². The predicted octanol–water partition coefficient (Wildman–Crippen LogP) is 3.62. The summed E-state index contributed by atoms with van der Waals surface area (Å²) < 4.78 is 31.5. The summed E-state index contributed by atoms with van der Waals surface area (Å²) in [6.45, 7) is 0.762. The van der Waals surface area contributed by atoms with Crippen molar-refractivity contribution in [2.75, 3.05) is 28.2 Å². The second kappa shape index (κ2) is 10.8. The quantitative estimate of drug-likeness (QED) is 0.385. The van der Waals surface area contributed by atoms with E-state index in [1.807, 2.05) is 4.90 Å². The number of carbonyl (C=O) groups excluding carboxylic acids is 3. The number of amides is 3. The summed E-state index contributed by atoms with van der Waals surface area (Å²) in [7, 11) is -3.63. The maximum absolute atomic E-state index is 13.4. The zero-order valence-electron chi connectivity index (χ0n) is 21.1. The van der Waals surface area contributed by atoms with E-state index in [0.717, 1.165) is 19.2 Å². The Kier molecular flexibility index (Phi) is 7.45. The summed E-state index contributed by atoms with van der Waals surface area (Å²) in [5, 5.41) is 5.80. The first-order chi connectivity index (χ1) is 18.6. The Morgan fingerprint density at radius 2 is 1.82 bits per heavy atom. The highest BCUT2D eigenvalue weighted by Gasteiger charge is 2.34. The molecule has 3 N–H and O–H groups in total. The average Bonchev–Trinajstić information content (AvgIpc) is 3.48. The van der Waals surface area contributed by atoms with E-state index in [1.165, 1.54) is 24.4 Å². The van der Waals surface area contributed by atoms with E-state index in [2.05, 4.69) is 25.3 Å². The fourth-order valence-electron chi connectivity index (χ4n) is 5.05. The van der Waals surface area contributed by atoms with Crippen LogP contribution >= 0.6 is 11.6 Å². The molecule has 4 heterocycles. The van der Waals surface area contributed by atoms with Crippen molar-refractivity contribution in [3.8, 4) is 0 Å². The summed E-state index contributed by atoms with van der Waals surface area (Å²) in [5.74, 6) is -1.17. The van der Waals surface area contributed by atoms with Gasteiger partial charge in [0.15, 0.2) is 5.58 Å². The Morgan fingerprint density at radius 1 is 1.08 bits per heavy atom. The minimum absolute atomic E-state index is 0.00316. The van der Waals surface area contributed by atoms with Crippen molar-refractivity contribution in [1.29, 1.82) is 0 Å². The lowest BCUT2D eigenvalue weighted by Gasteiger charge is -2.34. The first kappa shape index (κ1) is 26.9. The van der Waals surface area contributed by atoms with Gasteiger partial charge in [0.25, 0.3) is 5.91 Å². The van der Waals surface area contributed by atoms with E-state index in [0.29, 0.717) is 37.1 Å². The molecule has 1 aliphatic carbocycles. The molecule has 39 heavy (non-hydrogen) atoms. The molecule has 1 saturated carbocycles. The Morgan fingerprint density at radius 3 is 2.46 bits per heavy atom. The van der Waals surface area contributed by atoms with Crippen LogP contribution in [0.3, 0.4) is 0 Å². The Hall–Kier alpha value is -3.71. The summed E-state index contributed by atoms with van der Waals surface area (Å²) in [5.41, 5.74) is 0.313. The van der Waals surface area contributed by atoms with Gasteiger partial charge in [-0.15, -0.1) is 0 Å².